The molecule has 1 saturated heterocycles. The van der Waals surface area contributed by atoms with Crippen molar-refractivity contribution in [2.45, 2.75) is 12.5 Å². The van der Waals surface area contributed by atoms with Crippen LogP contribution in [0.25, 0.3) is 0 Å². The minimum absolute atomic E-state index is 0.120. The molecule has 0 amide bonds. The largest absolute Gasteiger partial charge is 0.314 e. The summed E-state index contributed by atoms with van der Waals surface area (Å²) in [5, 5.41) is 4.72. The minimum Gasteiger partial charge on any atom is -0.314 e. The van der Waals surface area contributed by atoms with Gasteiger partial charge in [0, 0.05) is 42.8 Å². The Morgan fingerprint density at radius 2 is 1.79 bits per heavy atom. The molecule has 2 rings (SSSR count). The van der Waals surface area contributed by atoms with Gasteiger partial charge in [-0.1, -0.05) is 34.8 Å². The zero-order valence-electron chi connectivity index (χ0n) is 10.4. The fraction of sp³-hybridized carbons (Fsp3) is 0.538. The van der Waals surface area contributed by atoms with E-state index in [2.05, 4.69) is 10.2 Å². The van der Waals surface area contributed by atoms with Crippen LogP contribution in [0.2, 0.25) is 15.1 Å². The molecule has 0 radical (unpaired) electrons. The molecule has 1 fully saturated rings. The van der Waals surface area contributed by atoms with Crippen molar-refractivity contribution in [3.8, 4) is 0 Å². The Morgan fingerprint density at radius 3 is 2.42 bits per heavy atom. The Balaban J connectivity index is 2.35. The molecule has 0 aromatic heterocycles. The zero-order chi connectivity index (χ0) is 13.8. The van der Waals surface area contributed by atoms with Gasteiger partial charge in [-0.15, -0.1) is 0 Å². The molecular weight excluding hydrogens is 310 g/mol. The normalized spacial score (nSPS) is 18.5. The predicted molar refractivity (Wildman–Crippen MR) is 79.2 cm³/mol. The van der Waals surface area contributed by atoms with Gasteiger partial charge in [0.15, 0.2) is 0 Å². The average Bonchev–Trinajstić information content (AvgIpc) is 2.43. The summed E-state index contributed by atoms with van der Waals surface area (Å²) in [5.74, 6) is 0. The number of hydrogen-bond donors (Lipinski definition) is 1. The van der Waals surface area contributed by atoms with Crippen molar-refractivity contribution in [2.24, 2.45) is 0 Å². The number of halogens is 4. The van der Waals surface area contributed by atoms with E-state index in [4.69, 9.17) is 34.8 Å². The van der Waals surface area contributed by atoms with E-state index in [0.29, 0.717) is 21.5 Å². The lowest BCUT2D eigenvalue weighted by atomic mass is 10.0. The van der Waals surface area contributed by atoms with Gasteiger partial charge in [0.2, 0.25) is 0 Å². The second-order valence-electron chi connectivity index (χ2n) is 4.54. The summed E-state index contributed by atoms with van der Waals surface area (Å²) >= 11 is 18.6. The van der Waals surface area contributed by atoms with Crippen molar-refractivity contribution in [1.29, 1.82) is 0 Å². The first-order chi connectivity index (χ1) is 9.15. The second-order valence-corrected chi connectivity index (χ2v) is 5.73. The molecule has 1 aromatic carbocycles. The summed E-state index contributed by atoms with van der Waals surface area (Å²) in [6.45, 7) is 3.07. The van der Waals surface area contributed by atoms with Crippen LogP contribution >= 0.6 is 34.8 Å². The van der Waals surface area contributed by atoms with E-state index in [0.717, 1.165) is 31.7 Å². The summed E-state index contributed by atoms with van der Waals surface area (Å²) in [7, 11) is 0. The highest BCUT2D eigenvalue weighted by molar-refractivity contribution is 6.44. The molecule has 106 valence electrons. The third-order valence-electron chi connectivity index (χ3n) is 3.39. The highest BCUT2D eigenvalue weighted by Gasteiger charge is 2.26. The van der Waals surface area contributed by atoms with E-state index in [1.165, 1.54) is 0 Å². The third-order valence-corrected chi connectivity index (χ3v) is 4.54. The maximum absolute atomic E-state index is 12.9. The fourth-order valence-corrected chi connectivity index (χ4v) is 3.24. The van der Waals surface area contributed by atoms with Gasteiger partial charge in [-0.05, 0) is 18.6 Å². The van der Waals surface area contributed by atoms with Crippen molar-refractivity contribution in [1.82, 2.24) is 10.2 Å². The van der Waals surface area contributed by atoms with Gasteiger partial charge in [-0.3, -0.25) is 9.29 Å². The SMILES string of the molecule is FCC[C@@H](c1c(Cl)ccc(Cl)c1Cl)N1CCNCC1. The van der Waals surface area contributed by atoms with Crippen molar-refractivity contribution in [3.05, 3.63) is 32.8 Å². The standard InChI is InChI=1S/C13H16Cl3FN2/c14-9-1-2-10(15)13(16)12(9)11(3-4-17)19-7-5-18-6-8-19/h1-2,11,18H,3-8H2/t11-/m0/s1. The van der Waals surface area contributed by atoms with Crippen molar-refractivity contribution in [3.63, 3.8) is 0 Å². The van der Waals surface area contributed by atoms with Crippen LogP contribution in [0.5, 0.6) is 0 Å². The summed E-state index contributed by atoms with van der Waals surface area (Å²) in [6, 6.07) is 3.27. The third kappa shape index (κ3) is 3.53. The van der Waals surface area contributed by atoms with Crippen LogP contribution in [0.15, 0.2) is 12.1 Å². The van der Waals surface area contributed by atoms with Crippen molar-refractivity contribution >= 4 is 34.8 Å². The van der Waals surface area contributed by atoms with E-state index < -0.39 is 6.67 Å². The highest BCUT2D eigenvalue weighted by atomic mass is 35.5. The minimum atomic E-state index is -0.409. The fourth-order valence-electron chi connectivity index (χ4n) is 2.45. The van der Waals surface area contributed by atoms with Gasteiger partial charge in [0.1, 0.15) is 0 Å². The summed E-state index contributed by atoms with van der Waals surface area (Å²) in [5.41, 5.74) is 0.746. The molecule has 1 atom stereocenters. The van der Waals surface area contributed by atoms with Crippen LogP contribution in [0.3, 0.4) is 0 Å². The Bertz CT molecular complexity index is 436. The molecule has 1 aromatic rings. The lowest BCUT2D eigenvalue weighted by molar-refractivity contribution is 0.157. The number of alkyl halides is 1. The molecule has 1 aliphatic heterocycles. The maximum atomic E-state index is 12.9. The zero-order valence-corrected chi connectivity index (χ0v) is 12.7. The summed E-state index contributed by atoms with van der Waals surface area (Å²) < 4.78 is 12.9. The van der Waals surface area contributed by atoms with Crippen molar-refractivity contribution in [2.75, 3.05) is 32.9 Å². The maximum Gasteiger partial charge on any atom is 0.0912 e. The molecule has 19 heavy (non-hydrogen) atoms. The molecule has 1 aliphatic rings. The lowest BCUT2D eigenvalue weighted by Gasteiger charge is -2.35. The number of benzene rings is 1. The van der Waals surface area contributed by atoms with Crippen molar-refractivity contribution < 1.29 is 4.39 Å². The smallest absolute Gasteiger partial charge is 0.0912 e. The van der Waals surface area contributed by atoms with Gasteiger partial charge in [-0.2, -0.15) is 0 Å². The van der Waals surface area contributed by atoms with E-state index in [1.54, 1.807) is 12.1 Å². The van der Waals surface area contributed by atoms with Gasteiger partial charge in [-0.25, -0.2) is 0 Å². The van der Waals surface area contributed by atoms with Crippen LogP contribution < -0.4 is 5.32 Å². The molecule has 0 spiro atoms. The van der Waals surface area contributed by atoms with Gasteiger partial charge < -0.3 is 5.32 Å². The highest BCUT2D eigenvalue weighted by Crippen LogP contribution is 2.39. The van der Waals surface area contributed by atoms with Crippen LogP contribution in [-0.4, -0.2) is 37.8 Å². The first-order valence-corrected chi connectivity index (χ1v) is 7.42. The quantitative estimate of drug-likeness (QED) is 0.843. The number of nitrogens with zero attached hydrogens (tertiary/aromatic N) is 1. The first-order valence-electron chi connectivity index (χ1n) is 6.29. The average molecular weight is 326 g/mol. The number of hydrogen-bond acceptors (Lipinski definition) is 2. The Hall–Kier alpha value is -0.0600. The Kier molecular flexibility index (Phi) is 5.72. The first kappa shape index (κ1) is 15.3. The Morgan fingerprint density at radius 1 is 1.16 bits per heavy atom. The van der Waals surface area contributed by atoms with Crippen LogP contribution in [-0.2, 0) is 0 Å². The van der Waals surface area contributed by atoms with Crippen LogP contribution in [0.1, 0.15) is 18.0 Å². The molecule has 6 heteroatoms. The molecular formula is C13H16Cl3FN2. The lowest BCUT2D eigenvalue weighted by Crippen LogP contribution is -2.45. The predicted octanol–water partition coefficient (Wildman–Crippen LogP) is 3.95. The van der Waals surface area contributed by atoms with E-state index in [-0.39, 0.29) is 6.04 Å². The molecule has 0 bridgehead atoms. The topological polar surface area (TPSA) is 15.3 Å². The number of nitrogens with one attached hydrogen (secondary N) is 1. The van der Waals surface area contributed by atoms with Gasteiger partial charge >= 0.3 is 0 Å². The number of piperazine rings is 1. The molecule has 0 aliphatic carbocycles. The van der Waals surface area contributed by atoms with Gasteiger partial charge in [0.25, 0.3) is 0 Å². The van der Waals surface area contributed by atoms with Crippen LogP contribution in [0, 0.1) is 0 Å². The second kappa shape index (κ2) is 7.09. The molecule has 0 saturated carbocycles. The molecule has 0 unspecified atom stereocenters. The molecule has 2 nitrogen and oxygen atoms in total. The van der Waals surface area contributed by atoms with E-state index >= 15 is 0 Å². The number of rotatable bonds is 4. The van der Waals surface area contributed by atoms with E-state index in [9.17, 15) is 4.39 Å². The summed E-state index contributed by atoms with van der Waals surface area (Å²) in [6.07, 6.45) is 0.375. The van der Waals surface area contributed by atoms with Gasteiger partial charge in [0.05, 0.1) is 16.7 Å². The summed E-state index contributed by atoms with van der Waals surface area (Å²) in [4.78, 5) is 2.21. The van der Waals surface area contributed by atoms with E-state index in [1.807, 2.05) is 0 Å². The monoisotopic (exact) mass is 324 g/mol. The molecule has 1 heterocycles. The van der Waals surface area contributed by atoms with Crippen LogP contribution in [0.4, 0.5) is 4.39 Å². The molecule has 1 N–H and O–H groups in total. The Labute approximate surface area is 127 Å².